The van der Waals surface area contributed by atoms with E-state index in [-0.39, 0.29) is 5.78 Å². The minimum absolute atomic E-state index is 0.00177. The number of fused-ring (bicyclic) bond motifs is 1. The molecule has 0 aliphatic carbocycles. The lowest BCUT2D eigenvalue weighted by Gasteiger charge is -2.24. The quantitative estimate of drug-likeness (QED) is 0.855. The Kier molecular flexibility index (Phi) is 3.74. The van der Waals surface area contributed by atoms with Crippen LogP contribution >= 0.6 is 0 Å². The summed E-state index contributed by atoms with van der Waals surface area (Å²) in [5.74, 6) is -0.00177. The number of rotatable bonds is 2. The molecule has 2 aromatic rings. The molecule has 0 radical (unpaired) electrons. The van der Waals surface area contributed by atoms with Gasteiger partial charge >= 0.3 is 0 Å². The van der Waals surface area contributed by atoms with Gasteiger partial charge in [0, 0.05) is 18.5 Å². The third kappa shape index (κ3) is 2.41. The zero-order valence-corrected chi connectivity index (χ0v) is 13.1. The van der Waals surface area contributed by atoms with Gasteiger partial charge in [-0.05, 0) is 37.1 Å². The Morgan fingerprint density at radius 2 is 1.68 bits per heavy atom. The molecule has 0 atom stereocenters. The Morgan fingerprint density at radius 3 is 2.45 bits per heavy atom. The zero-order valence-electron chi connectivity index (χ0n) is 12.3. The van der Waals surface area contributed by atoms with Crippen molar-refractivity contribution < 1.29 is 13.2 Å². The smallest absolute Gasteiger partial charge is 0.264 e. The van der Waals surface area contributed by atoms with Crippen LogP contribution in [0.25, 0.3) is 0 Å². The number of nitrogens with zero attached hydrogens (tertiary/aromatic N) is 1. The SMILES string of the molecule is Cc1ccccc1S(=O)(=O)N1CCCC(=O)c2ccccc21. The van der Waals surface area contributed by atoms with Crippen molar-refractivity contribution in [1.29, 1.82) is 0 Å². The van der Waals surface area contributed by atoms with Crippen LogP contribution in [-0.2, 0) is 10.0 Å². The van der Waals surface area contributed by atoms with Gasteiger partial charge in [-0.3, -0.25) is 9.10 Å². The fourth-order valence-corrected chi connectivity index (χ4v) is 4.53. The van der Waals surface area contributed by atoms with Crippen LogP contribution in [0.2, 0.25) is 0 Å². The summed E-state index contributed by atoms with van der Waals surface area (Å²) in [5.41, 5.74) is 1.67. The summed E-state index contributed by atoms with van der Waals surface area (Å²) in [6, 6.07) is 13.8. The van der Waals surface area contributed by atoms with Crippen molar-refractivity contribution in [2.45, 2.75) is 24.7 Å². The van der Waals surface area contributed by atoms with Gasteiger partial charge in [-0.15, -0.1) is 0 Å². The molecule has 0 fully saturated rings. The van der Waals surface area contributed by atoms with E-state index < -0.39 is 10.0 Å². The Balaban J connectivity index is 2.17. The summed E-state index contributed by atoms with van der Waals surface area (Å²) in [5, 5.41) is 0. The van der Waals surface area contributed by atoms with Crippen molar-refractivity contribution in [2.75, 3.05) is 10.8 Å². The monoisotopic (exact) mass is 315 g/mol. The van der Waals surface area contributed by atoms with Crippen LogP contribution in [0.4, 0.5) is 5.69 Å². The van der Waals surface area contributed by atoms with Gasteiger partial charge in [0.25, 0.3) is 10.0 Å². The predicted molar refractivity (Wildman–Crippen MR) is 85.7 cm³/mol. The largest absolute Gasteiger partial charge is 0.294 e. The molecule has 0 saturated heterocycles. The summed E-state index contributed by atoms with van der Waals surface area (Å²) in [7, 11) is -3.67. The first-order valence-corrected chi connectivity index (χ1v) is 8.66. The van der Waals surface area contributed by atoms with E-state index in [1.165, 1.54) is 4.31 Å². The maximum atomic E-state index is 13.0. The van der Waals surface area contributed by atoms with Gasteiger partial charge in [-0.25, -0.2) is 8.42 Å². The summed E-state index contributed by atoms with van der Waals surface area (Å²) < 4.78 is 27.5. The van der Waals surface area contributed by atoms with Crippen LogP contribution in [0, 0.1) is 6.92 Å². The van der Waals surface area contributed by atoms with Gasteiger partial charge in [0.1, 0.15) is 0 Å². The van der Waals surface area contributed by atoms with E-state index >= 15 is 0 Å². The van der Waals surface area contributed by atoms with E-state index in [4.69, 9.17) is 0 Å². The number of carbonyl (C=O) groups excluding carboxylic acids is 1. The second kappa shape index (κ2) is 5.57. The van der Waals surface area contributed by atoms with E-state index in [0.717, 1.165) is 0 Å². The van der Waals surface area contributed by atoms with Gasteiger partial charge in [-0.2, -0.15) is 0 Å². The lowest BCUT2D eigenvalue weighted by Crippen LogP contribution is -2.32. The van der Waals surface area contributed by atoms with Crippen molar-refractivity contribution in [3.63, 3.8) is 0 Å². The third-order valence-electron chi connectivity index (χ3n) is 3.90. The van der Waals surface area contributed by atoms with Crippen LogP contribution in [0.5, 0.6) is 0 Å². The first-order valence-electron chi connectivity index (χ1n) is 7.22. The summed E-state index contributed by atoms with van der Waals surface area (Å²) in [6.07, 6.45) is 0.898. The van der Waals surface area contributed by atoms with E-state index in [1.807, 2.05) is 6.07 Å². The van der Waals surface area contributed by atoms with Gasteiger partial charge in [-0.1, -0.05) is 30.3 Å². The van der Waals surface area contributed by atoms with Gasteiger partial charge in [0.2, 0.25) is 0 Å². The van der Waals surface area contributed by atoms with Gasteiger partial charge < -0.3 is 0 Å². The van der Waals surface area contributed by atoms with E-state index in [1.54, 1.807) is 49.4 Å². The molecule has 0 bridgehead atoms. The molecule has 5 heteroatoms. The lowest BCUT2D eigenvalue weighted by molar-refractivity contribution is 0.0984. The number of hydrogen-bond donors (Lipinski definition) is 0. The molecule has 0 saturated carbocycles. The van der Waals surface area contributed by atoms with Crippen molar-refractivity contribution in [1.82, 2.24) is 0 Å². The third-order valence-corrected chi connectivity index (χ3v) is 5.87. The number of benzene rings is 2. The Labute approximate surface area is 130 Å². The molecule has 3 rings (SSSR count). The topological polar surface area (TPSA) is 54.5 Å². The highest BCUT2D eigenvalue weighted by molar-refractivity contribution is 7.92. The fraction of sp³-hybridized carbons (Fsp3) is 0.235. The predicted octanol–water partition coefficient (Wildman–Crippen LogP) is 3.17. The van der Waals surface area contributed by atoms with Crippen molar-refractivity contribution >= 4 is 21.5 Å². The Morgan fingerprint density at radius 1 is 1.00 bits per heavy atom. The highest BCUT2D eigenvalue weighted by atomic mass is 32.2. The standard InChI is InChI=1S/C17H17NO3S/c1-13-7-2-5-11-17(13)22(20,21)18-12-6-10-16(19)14-8-3-4-9-15(14)18/h2-5,7-9,11H,6,10,12H2,1H3. The number of anilines is 1. The highest BCUT2D eigenvalue weighted by Crippen LogP contribution is 2.31. The molecule has 0 unspecified atom stereocenters. The van der Waals surface area contributed by atoms with E-state index in [0.29, 0.717) is 41.1 Å². The number of aryl methyl sites for hydroxylation is 1. The molecular formula is C17H17NO3S. The minimum atomic E-state index is -3.67. The Bertz CT molecular complexity index is 827. The molecule has 1 heterocycles. The summed E-state index contributed by atoms with van der Waals surface area (Å²) in [6.45, 7) is 2.10. The molecular weight excluding hydrogens is 298 g/mol. The van der Waals surface area contributed by atoms with Crippen LogP contribution in [-0.4, -0.2) is 20.7 Å². The number of para-hydroxylation sites is 1. The molecule has 1 aliphatic heterocycles. The van der Waals surface area contributed by atoms with Crippen LogP contribution < -0.4 is 4.31 Å². The average Bonchev–Trinajstić information content (AvgIpc) is 2.68. The van der Waals surface area contributed by atoms with Crippen LogP contribution in [0.15, 0.2) is 53.4 Å². The number of carbonyl (C=O) groups is 1. The normalized spacial score (nSPS) is 15.3. The molecule has 1 aliphatic rings. The maximum Gasteiger partial charge on any atom is 0.264 e. The number of ketones is 1. The zero-order chi connectivity index (χ0) is 15.7. The fourth-order valence-electron chi connectivity index (χ4n) is 2.78. The maximum absolute atomic E-state index is 13.0. The first kappa shape index (κ1) is 14.8. The first-order chi connectivity index (χ1) is 10.5. The number of sulfonamides is 1. The average molecular weight is 315 g/mol. The van der Waals surface area contributed by atoms with E-state index in [2.05, 4.69) is 0 Å². The van der Waals surface area contributed by atoms with Crippen LogP contribution in [0.1, 0.15) is 28.8 Å². The second-order valence-electron chi connectivity index (χ2n) is 5.39. The molecule has 4 nitrogen and oxygen atoms in total. The van der Waals surface area contributed by atoms with Crippen molar-refractivity contribution in [3.8, 4) is 0 Å². The van der Waals surface area contributed by atoms with Crippen molar-refractivity contribution in [3.05, 3.63) is 59.7 Å². The molecule has 2 aromatic carbocycles. The molecule has 0 amide bonds. The molecule has 0 N–H and O–H groups in total. The second-order valence-corrected chi connectivity index (χ2v) is 7.22. The van der Waals surface area contributed by atoms with Gasteiger partial charge in [0.05, 0.1) is 10.6 Å². The Hall–Kier alpha value is -2.14. The summed E-state index contributed by atoms with van der Waals surface area (Å²) in [4.78, 5) is 12.5. The molecule has 0 spiro atoms. The lowest BCUT2D eigenvalue weighted by atomic mass is 10.1. The summed E-state index contributed by atoms with van der Waals surface area (Å²) >= 11 is 0. The highest BCUT2D eigenvalue weighted by Gasteiger charge is 2.30. The molecule has 22 heavy (non-hydrogen) atoms. The van der Waals surface area contributed by atoms with Crippen LogP contribution in [0.3, 0.4) is 0 Å². The van der Waals surface area contributed by atoms with Gasteiger partial charge in [0.15, 0.2) is 5.78 Å². The molecule has 0 aromatic heterocycles. The number of hydrogen-bond acceptors (Lipinski definition) is 3. The minimum Gasteiger partial charge on any atom is -0.294 e. The molecule has 114 valence electrons. The van der Waals surface area contributed by atoms with E-state index in [9.17, 15) is 13.2 Å². The number of Topliss-reactive ketones (excluding diaryl/α,β-unsaturated/α-hetero) is 1. The van der Waals surface area contributed by atoms with Crippen molar-refractivity contribution in [2.24, 2.45) is 0 Å².